The van der Waals surface area contributed by atoms with E-state index in [2.05, 4.69) is 15.6 Å². The van der Waals surface area contributed by atoms with Gasteiger partial charge >= 0.3 is 5.69 Å². The number of pyridine rings is 1. The first-order valence-electron chi connectivity index (χ1n) is 5.81. The summed E-state index contributed by atoms with van der Waals surface area (Å²) < 4.78 is 0. The van der Waals surface area contributed by atoms with Crippen LogP contribution in [0.15, 0.2) is 42.5 Å². The molecule has 2 N–H and O–H groups in total. The quantitative estimate of drug-likeness (QED) is 0.636. The zero-order valence-corrected chi connectivity index (χ0v) is 10.5. The van der Waals surface area contributed by atoms with Crippen LogP contribution in [0.3, 0.4) is 0 Å². The van der Waals surface area contributed by atoms with Crippen molar-refractivity contribution >= 4 is 17.3 Å². The number of nitrogens with one attached hydrogen (secondary N) is 2. The second-order valence-electron chi connectivity index (χ2n) is 3.91. The minimum Gasteiger partial charge on any atom is -0.373 e. The maximum atomic E-state index is 10.9. The van der Waals surface area contributed by atoms with E-state index in [0.717, 1.165) is 5.56 Å². The normalized spacial score (nSPS) is 9.95. The third-order valence-electron chi connectivity index (χ3n) is 2.63. The minimum absolute atomic E-state index is 0.0325. The number of rotatable bonds is 5. The molecular formula is C13H14N4O2. The van der Waals surface area contributed by atoms with Gasteiger partial charge in [0.25, 0.3) is 0 Å². The summed E-state index contributed by atoms with van der Waals surface area (Å²) in [6.45, 7) is 0.488. The molecule has 0 aliphatic rings. The predicted octanol–water partition coefficient (Wildman–Crippen LogP) is 2.64. The van der Waals surface area contributed by atoms with E-state index >= 15 is 0 Å². The first kappa shape index (κ1) is 12.8. The molecule has 0 unspecified atom stereocenters. The molecule has 0 aliphatic carbocycles. The molecule has 1 aromatic heterocycles. The van der Waals surface area contributed by atoms with Crippen LogP contribution in [0.4, 0.5) is 17.3 Å². The van der Waals surface area contributed by atoms with Crippen LogP contribution in [0.2, 0.25) is 0 Å². The molecule has 1 aromatic carbocycles. The van der Waals surface area contributed by atoms with Crippen LogP contribution in [-0.4, -0.2) is 17.0 Å². The lowest BCUT2D eigenvalue weighted by Crippen LogP contribution is -2.06. The summed E-state index contributed by atoms with van der Waals surface area (Å²) in [7, 11) is 1.72. The van der Waals surface area contributed by atoms with Gasteiger partial charge in [-0.05, 0) is 11.6 Å². The van der Waals surface area contributed by atoms with Crippen molar-refractivity contribution in [2.24, 2.45) is 0 Å². The van der Waals surface area contributed by atoms with Crippen molar-refractivity contribution in [3.63, 3.8) is 0 Å². The van der Waals surface area contributed by atoms with Gasteiger partial charge in [-0.2, -0.15) is 0 Å². The molecule has 0 atom stereocenters. The highest BCUT2D eigenvalue weighted by molar-refractivity contribution is 5.60. The topological polar surface area (TPSA) is 80.1 Å². The second kappa shape index (κ2) is 5.81. The van der Waals surface area contributed by atoms with E-state index in [0.29, 0.717) is 12.4 Å². The maximum Gasteiger partial charge on any atom is 0.311 e. The van der Waals surface area contributed by atoms with Gasteiger partial charge in [0.1, 0.15) is 5.82 Å². The van der Waals surface area contributed by atoms with Gasteiger partial charge in [0, 0.05) is 19.7 Å². The van der Waals surface area contributed by atoms with Crippen LogP contribution in [0, 0.1) is 10.1 Å². The SMILES string of the molecule is CNc1ccc([N+](=O)[O-])c(NCc2ccccc2)n1. The van der Waals surface area contributed by atoms with Gasteiger partial charge in [-0.1, -0.05) is 30.3 Å². The van der Waals surface area contributed by atoms with Crippen molar-refractivity contribution in [3.8, 4) is 0 Å². The summed E-state index contributed by atoms with van der Waals surface area (Å²) in [5.41, 5.74) is 1.00. The molecular weight excluding hydrogens is 244 g/mol. The van der Waals surface area contributed by atoms with Crippen molar-refractivity contribution < 1.29 is 4.92 Å². The van der Waals surface area contributed by atoms with Gasteiger partial charge in [0.15, 0.2) is 0 Å². The molecule has 0 bridgehead atoms. The van der Waals surface area contributed by atoms with E-state index < -0.39 is 4.92 Å². The molecule has 6 nitrogen and oxygen atoms in total. The standard InChI is InChI=1S/C13H14N4O2/c1-14-12-8-7-11(17(18)19)13(16-12)15-9-10-5-3-2-4-6-10/h2-8H,9H2,1H3,(H2,14,15,16). The first-order valence-corrected chi connectivity index (χ1v) is 5.81. The minimum atomic E-state index is -0.445. The van der Waals surface area contributed by atoms with Gasteiger partial charge in [0.2, 0.25) is 5.82 Å². The number of nitro groups is 1. The molecule has 0 radical (unpaired) electrons. The number of benzene rings is 1. The lowest BCUT2D eigenvalue weighted by atomic mass is 10.2. The van der Waals surface area contributed by atoms with Crippen LogP contribution < -0.4 is 10.6 Å². The smallest absolute Gasteiger partial charge is 0.311 e. The van der Waals surface area contributed by atoms with Crippen LogP contribution in [0.1, 0.15) is 5.56 Å². The Balaban J connectivity index is 2.20. The summed E-state index contributed by atoms with van der Waals surface area (Å²) in [5.74, 6) is 0.849. The van der Waals surface area contributed by atoms with Crippen molar-refractivity contribution in [2.45, 2.75) is 6.54 Å². The number of aromatic nitrogens is 1. The molecule has 0 amide bonds. The molecule has 98 valence electrons. The van der Waals surface area contributed by atoms with Gasteiger partial charge in [-0.3, -0.25) is 10.1 Å². The molecule has 1 heterocycles. The van der Waals surface area contributed by atoms with E-state index in [1.807, 2.05) is 30.3 Å². The Bertz CT molecular complexity index is 572. The highest BCUT2D eigenvalue weighted by Crippen LogP contribution is 2.24. The van der Waals surface area contributed by atoms with Gasteiger partial charge < -0.3 is 10.6 Å². The van der Waals surface area contributed by atoms with Crippen LogP contribution >= 0.6 is 0 Å². The fraction of sp³-hybridized carbons (Fsp3) is 0.154. The Morgan fingerprint density at radius 1 is 1.21 bits per heavy atom. The highest BCUT2D eigenvalue weighted by Gasteiger charge is 2.15. The molecule has 0 saturated heterocycles. The van der Waals surface area contributed by atoms with Crippen LogP contribution in [0.25, 0.3) is 0 Å². The first-order chi connectivity index (χ1) is 9.20. The largest absolute Gasteiger partial charge is 0.373 e. The summed E-state index contributed by atoms with van der Waals surface area (Å²) in [6.07, 6.45) is 0. The Labute approximate surface area is 110 Å². The average Bonchev–Trinajstić information content (AvgIpc) is 2.45. The summed E-state index contributed by atoms with van der Waals surface area (Å²) >= 11 is 0. The fourth-order valence-corrected chi connectivity index (χ4v) is 1.65. The van der Waals surface area contributed by atoms with E-state index in [1.165, 1.54) is 6.07 Å². The van der Waals surface area contributed by atoms with E-state index in [1.54, 1.807) is 13.1 Å². The van der Waals surface area contributed by atoms with Crippen LogP contribution in [0.5, 0.6) is 0 Å². The molecule has 2 rings (SSSR count). The third kappa shape index (κ3) is 3.19. The summed E-state index contributed by atoms with van der Waals surface area (Å²) in [5, 5.41) is 16.8. The summed E-state index contributed by atoms with van der Waals surface area (Å²) in [6, 6.07) is 12.7. The fourth-order valence-electron chi connectivity index (χ4n) is 1.65. The van der Waals surface area contributed by atoms with Gasteiger partial charge in [-0.25, -0.2) is 4.98 Å². The van der Waals surface area contributed by atoms with Crippen LogP contribution in [-0.2, 0) is 6.54 Å². The van der Waals surface area contributed by atoms with Gasteiger partial charge in [0.05, 0.1) is 4.92 Å². The third-order valence-corrected chi connectivity index (χ3v) is 2.63. The lowest BCUT2D eigenvalue weighted by Gasteiger charge is -2.08. The van der Waals surface area contributed by atoms with Crippen molar-refractivity contribution in [3.05, 3.63) is 58.1 Å². The highest BCUT2D eigenvalue weighted by atomic mass is 16.6. The second-order valence-corrected chi connectivity index (χ2v) is 3.91. The Morgan fingerprint density at radius 2 is 1.95 bits per heavy atom. The molecule has 6 heteroatoms. The maximum absolute atomic E-state index is 10.9. The van der Waals surface area contributed by atoms with Crippen molar-refractivity contribution in [1.82, 2.24) is 4.98 Å². The molecule has 0 spiro atoms. The predicted molar refractivity (Wildman–Crippen MR) is 74.2 cm³/mol. The number of nitrogens with zero attached hydrogens (tertiary/aromatic N) is 2. The molecule has 2 aromatic rings. The van der Waals surface area contributed by atoms with Gasteiger partial charge in [-0.15, -0.1) is 0 Å². The monoisotopic (exact) mass is 258 g/mol. The summed E-state index contributed by atoms with van der Waals surface area (Å²) in [4.78, 5) is 14.7. The Kier molecular flexibility index (Phi) is 3.92. The number of hydrogen-bond acceptors (Lipinski definition) is 5. The zero-order valence-electron chi connectivity index (χ0n) is 10.5. The van der Waals surface area contributed by atoms with E-state index in [9.17, 15) is 10.1 Å². The zero-order chi connectivity index (χ0) is 13.7. The van der Waals surface area contributed by atoms with E-state index in [4.69, 9.17) is 0 Å². The van der Waals surface area contributed by atoms with E-state index in [-0.39, 0.29) is 11.5 Å². The van der Waals surface area contributed by atoms with Crippen molar-refractivity contribution in [2.75, 3.05) is 17.7 Å². The molecule has 0 saturated carbocycles. The lowest BCUT2D eigenvalue weighted by molar-refractivity contribution is -0.384. The number of hydrogen-bond donors (Lipinski definition) is 2. The number of anilines is 2. The molecule has 0 aliphatic heterocycles. The van der Waals surface area contributed by atoms with Crippen molar-refractivity contribution in [1.29, 1.82) is 0 Å². The molecule has 0 fully saturated rings. The molecule has 19 heavy (non-hydrogen) atoms. The Hall–Kier alpha value is -2.63. The average molecular weight is 258 g/mol. The Morgan fingerprint density at radius 3 is 2.58 bits per heavy atom.